The molecule has 1 aromatic heterocycles. The van der Waals surface area contributed by atoms with Crippen LogP contribution in [-0.4, -0.2) is 27.2 Å². The molecule has 1 N–H and O–H groups in total. The Labute approximate surface area is 132 Å². The number of halogens is 2. The molecule has 21 heavy (non-hydrogen) atoms. The number of ether oxygens (including phenoxy) is 1. The molecule has 0 amide bonds. The quantitative estimate of drug-likeness (QED) is 0.785. The number of hydrogen-bond donors (Lipinski definition) is 1. The lowest BCUT2D eigenvalue weighted by atomic mass is 10.3. The number of rotatable bonds is 7. The van der Waals surface area contributed by atoms with Crippen LogP contribution in [-0.2, 0) is 22.7 Å². The lowest BCUT2D eigenvalue weighted by Crippen LogP contribution is -2.09. The number of fused-ring (bicyclic) bond motifs is 1. The first kappa shape index (κ1) is 16.1. The lowest BCUT2D eigenvalue weighted by molar-refractivity contribution is -0.137. The highest BCUT2D eigenvalue weighted by molar-refractivity contribution is 6.42. The Morgan fingerprint density at radius 1 is 1.38 bits per heavy atom. The van der Waals surface area contributed by atoms with Crippen molar-refractivity contribution in [1.29, 1.82) is 0 Å². The van der Waals surface area contributed by atoms with E-state index in [-0.39, 0.29) is 6.42 Å². The van der Waals surface area contributed by atoms with E-state index in [0.29, 0.717) is 41.1 Å². The van der Waals surface area contributed by atoms with Crippen molar-refractivity contribution in [1.82, 2.24) is 9.55 Å². The standard InChI is InChI=1S/C14H16Cl2N2O3/c1-2-5-21-8-13-17-11-6-9(15)10(16)7-12(11)18(13)4-3-14(19)20/h6-7H,2-5,8H2,1H3,(H,19,20). The summed E-state index contributed by atoms with van der Waals surface area (Å²) in [5, 5.41) is 9.72. The van der Waals surface area contributed by atoms with Crippen molar-refractivity contribution >= 4 is 40.2 Å². The maximum absolute atomic E-state index is 10.8. The second-order valence-electron chi connectivity index (χ2n) is 4.63. The lowest BCUT2D eigenvalue weighted by Gasteiger charge is -2.08. The molecule has 2 rings (SSSR count). The van der Waals surface area contributed by atoms with E-state index in [1.54, 1.807) is 12.1 Å². The predicted molar refractivity (Wildman–Crippen MR) is 82.0 cm³/mol. The molecule has 0 aliphatic heterocycles. The summed E-state index contributed by atoms with van der Waals surface area (Å²) in [6.45, 7) is 3.29. The van der Waals surface area contributed by atoms with E-state index in [0.717, 1.165) is 11.9 Å². The SMILES string of the molecule is CCCOCc1nc2cc(Cl)c(Cl)cc2n1CCC(=O)O. The van der Waals surface area contributed by atoms with Crippen molar-refractivity contribution in [2.75, 3.05) is 6.61 Å². The minimum Gasteiger partial charge on any atom is -0.481 e. The van der Waals surface area contributed by atoms with Crippen LogP contribution in [0.5, 0.6) is 0 Å². The van der Waals surface area contributed by atoms with Gasteiger partial charge in [-0.3, -0.25) is 4.79 Å². The first-order valence-corrected chi connectivity index (χ1v) is 7.42. The Balaban J connectivity index is 2.39. The molecule has 0 aliphatic carbocycles. The van der Waals surface area contributed by atoms with E-state index in [2.05, 4.69) is 4.98 Å². The van der Waals surface area contributed by atoms with Crippen LogP contribution >= 0.6 is 23.2 Å². The summed E-state index contributed by atoms with van der Waals surface area (Å²) < 4.78 is 7.33. The molecule has 0 fully saturated rings. The van der Waals surface area contributed by atoms with Gasteiger partial charge in [0.1, 0.15) is 12.4 Å². The van der Waals surface area contributed by atoms with E-state index in [1.165, 1.54) is 0 Å². The second kappa shape index (κ2) is 7.11. The molecule has 7 heteroatoms. The summed E-state index contributed by atoms with van der Waals surface area (Å²) in [5.74, 6) is -0.185. The number of aliphatic carboxylic acids is 1. The molecule has 0 atom stereocenters. The number of aryl methyl sites for hydroxylation is 1. The van der Waals surface area contributed by atoms with Crippen LogP contribution in [0.2, 0.25) is 10.0 Å². The van der Waals surface area contributed by atoms with Crippen LogP contribution in [0.25, 0.3) is 11.0 Å². The monoisotopic (exact) mass is 330 g/mol. The zero-order valence-electron chi connectivity index (χ0n) is 11.6. The average Bonchev–Trinajstić information content (AvgIpc) is 2.74. The van der Waals surface area contributed by atoms with Crippen molar-refractivity contribution in [3.63, 3.8) is 0 Å². The molecule has 0 unspecified atom stereocenters. The molecule has 0 bridgehead atoms. The average molecular weight is 331 g/mol. The fourth-order valence-electron chi connectivity index (χ4n) is 2.04. The van der Waals surface area contributed by atoms with E-state index in [4.69, 9.17) is 33.0 Å². The van der Waals surface area contributed by atoms with Gasteiger partial charge in [0, 0.05) is 13.2 Å². The van der Waals surface area contributed by atoms with E-state index >= 15 is 0 Å². The number of nitrogens with zero attached hydrogens (tertiary/aromatic N) is 2. The third-order valence-corrected chi connectivity index (χ3v) is 3.72. The van der Waals surface area contributed by atoms with E-state index < -0.39 is 5.97 Å². The van der Waals surface area contributed by atoms with Gasteiger partial charge in [0.25, 0.3) is 0 Å². The zero-order chi connectivity index (χ0) is 15.4. The third kappa shape index (κ3) is 3.87. The van der Waals surface area contributed by atoms with Crippen LogP contribution < -0.4 is 0 Å². The Morgan fingerprint density at radius 3 is 2.76 bits per heavy atom. The highest BCUT2D eigenvalue weighted by atomic mass is 35.5. The van der Waals surface area contributed by atoms with Crippen LogP contribution in [0.1, 0.15) is 25.6 Å². The molecule has 1 heterocycles. The van der Waals surface area contributed by atoms with E-state index in [9.17, 15) is 4.79 Å². The first-order valence-electron chi connectivity index (χ1n) is 6.66. The van der Waals surface area contributed by atoms with Crippen LogP contribution in [0.4, 0.5) is 0 Å². The highest BCUT2D eigenvalue weighted by Gasteiger charge is 2.14. The van der Waals surface area contributed by atoms with Gasteiger partial charge in [0.2, 0.25) is 0 Å². The topological polar surface area (TPSA) is 64.4 Å². The first-order chi connectivity index (χ1) is 10.0. The summed E-state index contributed by atoms with van der Waals surface area (Å²) >= 11 is 12.0. The zero-order valence-corrected chi connectivity index (χ0v) is 13.1. The number of benzene rings is 1. The molecule has 0 saturated carbocycles. The maximum atomic E-state index is 10.8. The normalized spacial score (nSPS) is 11.2. The third-order valence-electron chi connectivity index (χ3n) is 3.00. The number of aromatic nitrogens is 2. The summed E-state index contributed by atoms with van der Waals surface area (Å²) in [7, 11) is 0. The van der Waals surface area contributed by atoms with E-state index in [1.807, 2.05) is 11.5 Å². The molecule has 0 spiro atoms. The largest absolute Gasteiger partial charge is 0.481 e. The van der Waals surface area contributed by atoms with Gasteiger partial charge in [-0.05, 0) is 18.6 Å². The minimum atomic E-state index is -0.864. The molecule has 114 valence electrons. The Bertz CT molecular complexity index is 655. The molecule has 1 aromatic carbocycles. The fraction of sp³-hybridized carbons (Fsp3) is 0.429. The Morgan fingerprint density at radius 2 is 2.10 bits per heavy atom. The van der Waals surface area contributed by atoms with Gasteiger partial charge in [-0.2, -0.15) is 0 Å². The summed E-state index contributed by atoms with van der Waals surface area (Å²) in [6.07, 6.45) is 0.916. The van der Waals surface area contributed by atoms with Crippen molar-refractivity contribution in [2.24, 2.45) is 0 Å². The summed E-state index contributed by atoms with van der Waals surface area (Å²) in [6, 6.07) is 3.39. The van der Waals surface area contributed by atoms with Crippen molar-refractivity contribution in [3.05, 3.63) is 28.0 Å². The second-order valence-corrected chi connectivity index (χ2v) is 5.45. The molecule has 0 radical (unpaired) electrons. The van der Waals surface area contributed by atoms with Crippen molar-refractivity contribution < 1.29 is 14.6 Å². The number of imidazole rings is 1. The predicted octanol–water partition coefficient (Wildman–Crippen LogP) is 3.74. The number of carbonyl (C=O) groups is 1. The van der Waals surface area contributed by atoms with Gasteiger partial charge in [-0.15, -0.1) is 0 Å². The highest BCUT2D eigenvalue weighted by Crippen LogP contribution is 2.28. The van der Waals surface area contributed by atoms with Crippen molar-refractivity contribution in [2.45, 2.75) is 32.9 Å². The smallest absolute Gasteiger partial charge is 0.305 e. The molecule has 0 aliphatic rings. The van der Waals surface area contributed by atoms with Crippen LogP contribution in [0.15, 0.2) is 12.1 Å². The Hall–Kier alpha value is -1.30. The van der Waals surface area contributed by atoms with Crippen LogP contribution in [0.3, 0.4) is 0 Å². The number of hydrogen-bond acceptors (Lipinski definition) is 3. The van der Waals surface area contributed by atoms with Gasteiger partial charge in [0.15, 0.2) is 0 Å². The van der Waals surface area contributed by atoms with Gasteiger partial charge in [-0.25, -0.2) is 4.98 Å². The van der Waals surface area contributed by atoms with Gasteiger partial charge >= 0.3 is 5.97 Å². The molecular weight excluding hydrogens is 315 g/mol. The molecule has 0 saturated heterocycles. The molecule has 2 aromatic rings. The van der Waals surface area contributed by atoms with Gasteiger partial charge < -0.3 is 14.4 Å². The summed E-state index contributed by atoms with van der Waals surface area (Å²) in [4.78, 5) is 15.3. The fourth-order valence-corrected chi connectivity index (χ4v) is 2.36. The molecular formula is C14H16Cl2N2O3. The molecule has 5 nitrogen and oxygen atoms in total. The van der Waals surface area contributed by atoms with Gasteiger partial charge in [-0.1, -0.05) is 30.1 Å². The number of carboxylic acids is 1. The number of carboxylic acid groups (broad SMARTS) is 1. The van der Waals surface area contributed by atoms with Gasteiger partial charge in [0.05, 0.1) is 27.5 Å². The minimum absolute atomic E-state index is 0.00643. The summed E-state index contributed by atoms with van der Waals surface area (Å²) in [5.41, 5.74) is 1.45. The Kier molecular flexibility index (Phi) is 5.45. The maximum Gasteiger partial charge on any atom is 0.305 e. The van der Waals surface area contributed by atoms with Crippen molar-refractivity contribution in [3.8, 4) is 0 Å². The van der Waals surface area contributed by atoms with Crippen LogP contribution in [0, 0.1) is 0 Å².